The molecule has 0 spiro atoms. The van der Waals surface area contributed by atoms with Gasteiger partial charge in [-0.3, -0.25) is 4.90 Å². The highest BCUT2D eigenvalue weighted by atomic mass is 32.1. The molecule has 0 aromatic carbocycles. The minimum absolute atomic E-state index is 0.215. The lowest BCUT2D eigenvalue weighted by Crippen LogP contribution is -2.42. The van der Waals surface area contributed by atoms with Crippen molar-refractivity contribution < 1.29 is 4.74 Å². The third kappa shape index (κ3) is 3.18. The van der Waals surface area contributed by atoms with Crippen LogP contribution in [-0.4, -0.2) is 35.6 Å². The second kappa shape index (κ2) is 5.90. The molecule has 0 unspecified atom stereocenters. The molecule has 3 rings (SSSR count). The fraction of sp³-hybridized carbons (Fsp3) is 0.800. The summed E-state index contributed by atoms with van der Waals surface area (Å²) in [6.45, 7) is 7.72. The van der Waals surface area contributed by atoms with Crippen LogP contribution in [0.25, 0.3) is 0 Å². The Kier molecular flexibility index (Phi) is 4.20. The van der Waals surface area contributed by atoms with Gasteiger partial charge in [0.2, 0.25) is 0 Å². The minimum Gasteiger partial charge on any atom is -0.368 e. The van der Waals surface area contributed by atoms with Crippen molar-refractivity contribution in [3.8, 4) is 0 Å². The molecule has 106 valence electrons. The minimum atomic E-state index is 0.215. The molecule has 2 fully saturated rings. The fourth-order valence-electron chi connectivity index (χ4n) is 2.99. The van der Waals surface area contributed by atoms with Gasteiger partial charge in [-0.1, -0.05) is 13.8 Å². The average molecular weight is 280 g/mol. The first-order valence-electron chi connectivity index (χ1n) is 7.52. The van der Waals surface area contributed by atoms with Crippen molar-refractivity contribution in [1.82, 2.24) is 9.88 Å². The van der Waals surface area contributed by atoms with Crippen LogP contribution in [0.2, 0.25) is 0 Å². The largest absolute Gasteiger partial charge is 0.368 e. The Morgan fingerprint density at radius 1 is 1.53 bits per heavy atom. The molecule has 4 heteroatoms. The summed E-state index contributed by atoms with van der Waals surface area (Å²) in [5, 5.41) is 3.40. The van der Waals surface area contributed by atoms with Crippen molar-refractivity contribution in [2.24, 2.45) is 5.92 Å². The first-order chi connectivity index (χ1) is 9.22. The molecule has 0 aliphatic carbocycles. The van der Waals surface area contributed by atoms with Gasteiger partial charge in [0.25, 0.3) is 0 Å². The van der Waals surface area contributed by atoms with Gasteiger partial charge in [0.05, 0.1) is 12.3 Å². The molecular weight excluding hydrogens is 256 g/mol. The number of morpholine rings is 1. The number of thiazole rings is 1. The van der Waals surface area contributed by atoms with E-state index in [1.54, 1.807) is 11.3 Å². The topological polar surface area (TPSA) is 25.4 Å². The Bertz CT molecular complexity index is 418. The van der Waals surface area contributed by atoms with E-state index in [9.17, 15) is 0 Å². The zero-order valence-corrected chi connectivity index (χ0v) is 12.8. The van der Waals surface area contributed by atoms with Crippen LogP contribution in [0.4, 0.5) is 0 Å². The smallest absolute Gasteiger partial charge is 0.123 e. The Hall–Kier alpha value is -0.450. The van der Waals surface area contributed by atoms with Gasteiger partial charge in [-0.25, -0.2) is 4.98 Å². The quantitative estimate of drug-likeness (QED) is 0.846. The normalized spacial score (nSPS) is 27.9. The first kappa shape index (κ1) is 13.5. The van der Waals surface area contributed by atoms with E-state index in [0.29, 0.717) is 6.04 Å². The number of ether oxygens (including phenoxy) is 1. The summed E-state index contributed by atoms with van der Waals surface area (Å²) in [7, 11) is 0. The predicted octanol–water partition coefficient (Wildman–Crippen LogP) is 3.27. The van der Waals surface area contributed by atoms with Crippen molar-refractivity contribution in [2.75, 3.05) is 19.7 Å². The van der Waals surface area contributed by atoms with Crippen LogP contribution < -0.4 is 0 Å². The number of aryl methyl sites for hydroxylation is 1. The summed E-state index contributed by atoms with van der Waals surface area (Å²) in [6, 6.07) is 0.677. The van der Waals surface area contributed by atoms with Gasteiger partial charge in [0, 0.05) is 18.0 Å². The van der Waals surface area contributed by atoms with Crippen molar-refractivity contribution in [3.05, 3.63) is 16.1 Å². The van der Waals surface area contributed by atoms with Crippen LogP contribution in [-0.2, 0) is 11.2 Å². The zero-order chi connectivity index (χ0) is 13.2. The molecule has 2 atom stereocenters. The van der Waals surface area contributed by atoms with E-state index >= 15 is 0 Å². The summed E-state index contributed by atoms with van der Waals surface area (Å²) in [5.74, 6) is 0.751. The van der Waals surface area contributed by atoms with Gasteiger partial charge >= 0.3 is 0 Å². The maximum atomic E-state index is 6.02. The molecule has 2 aliphatic heterocycles. The molecule has 3 heterocycles. The van der Waals surface area contributed by atoms with Crippen LogP contribution in [0.15, 0.2) is 5.38 Å². The van der Waals surface area contributed by atoms with Crippen LogP contribution >= 0.6 is 11.3 Å². The van der Waals surface area contributed by atoms with Gasteiger partial charge in [-0.15, -0.1) is 11.3 Å². The van der Waals surface area contributed by atoms with Crippen molar-refractivity contribution >= 4 is 11.3 Å². The highest BCUT2D eigenvalue weighted by molar-refractivity contribution is 7.09. The third-order valence-electron chi connectivity index (χ3n) is 4.21. The Balaban J connectivity index is 1.59. The van der Waals surface area contributed by atoms with Gasteiger partial charge in [-0.2, -0.15) is 0 Å². The van der Waals surface area contributed by atoms with Gasteiger partial charge in [-0.05, 0) is 38.1 Å². The van der Waals surface area contributed by atoms with E-state index in [4.69, 9.17) is 9.72 Å². The summed E-state index contributed by atoms with van der Waals surface area (Å²) >= 11 is 1.78. The SMILES string of the molecule is CC(C)CCc1csc([C@H]2CN3CCC[C@@H]3CO2)n1. The lowest BCUT2D eigenvalue weighted by Gasteiger charge is -2.34. The fourth-order valence-corrected chi connectivity index (χ4v) is 3.88. The monoisotopic (exact) mass is 280 g/mol. The number of nitrogens with zero attached hydrogens (tertiary/aromatic N) is 2. The Morgan fingerprint density at radius 2 is 2.42 bits per heavy atom. The van der Waals surface area contributed by atoms with Crippen LogP contribution in [0.3, 0.4) is 0 Å². The highest BCUT2D eigenvalue weighted by Gasteiger charge is 2.33. The van der Waals surface area contributed by atoms with Gasteiger partial charge < -0.3 is 4.74 Å². The van der Waals surface area contributed by atoms with Crippen molar-refractivity contribution in [1.29, 1.82) is 0 Å². The summed E-state index contributed by atoms with van der Waals surface area (Å²) in [5.41, 5.74) is 1.25. The lowest BCUT2D eigenvalue weighted by atomic mass is 10.1. The first-order valence-corrected chi connectivity index (χ1v) is 8.40. The number of hydrogen-bond acceptors (Lipinski definition) is 4. The van der Waals surface area contributed by atoms with E-state index < -0.39 is 0 Å². The number of aromatic nitrogens is 1. The standard InChI is InChI=1S/C15H24N2OS/c1-11(2)5-6-12-10-19-15(16-12)14-8-17-7-3-4-13(17)9-18-14/h10-11,13-14H,3-9H2,1-2H3/t13-,14-/m1/s1. The third-order valence-corrected chi connectivity index (χ3v) is 5.20. The number of hydrogen-bond donors (Lipinski definition) is 0. The van der Waals surface area contributed by atoms with Crippen LogP contribution in [0.1, 0.15) is 49.9 Å². The molecular formula is C15H24N2OS. The molecule has 0 N–H and O–H groups in total. The van der Waals surface area contributed by atoms with E-state index in [-0.39, 0.29) is 6.10 Å². The molecule has 19 heavy (non-hydrogen) atoms. The summed E-state index contributed by atoms with van der Waals surface area (Å²) in [4.78, 5) is 7.37. The average Bonchev–Trinajstić information content (AvgIpc) is 3.04. The second-order valence-corrected chi connectivity index (χ2v) is 7.11. The van der Waals surface area contributed by atoms with Gasteiger partial charge in [0.15, 0.2) is 0 Å². The van der Waals surface area contributed by atoms with E-state index in [1.807, 2.05) is 0 Å². The van der Waals surface area contributed by atoms with E-state index in [2.05, 4.69) is 24.1 Å². The maximum absolute atomic E-state index is 6.02. The maximum Gasteiger partial charge on any atom is 0.123 e. The molecule has 2 aliphatic rings. The molecule has 0 amide bonds. The molecule has 1 aromatic rings. The molecule has 0 radical (unpaired) electrons. The molecule has 2 saturated heterocycles. The van der Waals surface area contributed by atoms with Crippen LogP contribution in [0, 0.1) is 5.92 Å². The molecule has 0 saturated carbocycles. The van der Waals surface area contributed by atoms with Crippen molar-refractivity contribution in [3.63, 3.8) is 0 Å². The van der Waals surface area contributed by atoms with E-state index in [0.717, 1.165) is 25.5 Å². The number of rotatable bonds is 4. The second-order valence-electron chi connectivity index (χ2n) is 6.22. The number of fused-ring (bicyclic) bond motifs is 1. The predicted molar refractivity (Wildman–Crippen MR) is 78.6 cm³/mol. The molecule has 0 bridgehead atoms. The molecule has 1 aromatic heterocycles. The zero-order valence-electron chi connectivity index (χ0n) is 12.0. The van der Waals surface area contributed by atoms with E-state index in [1.165, 1.54) is 36.5 Å². The molecule has 3 nitrogen and oxygen atoms in total. The van der Waals surface area contributed by atoms with Crippen molar-refractivity contribution in [2.45, 2.75) is 51.7 Å². The lowest BCUT2D eigenvalue weighted by molar-refractivity contribution is -0.0502. The highest BCUT2D eigenvalue weighted by Crippen LogP contribution is 2.31. The van der Waals surface area contributed by atoms with Gasteiger partial charge in [0.1, 0.15) is 11.1 Å². The Labute approximate surface area is 120 Å². The summed E-state index contributed by atoms with van der Waals surface area (Å²) in [6.07, 6.45) is 5.19. The van der Waals surface area contributed by atoms with Crippen LogP contribution in [0.5, 0.6) is 0 Å². The summed E-state index contributed by atoms with van der Waals surface area (Å²) < 4.78 is 6.02. The Morgan fingerprint density at radius 3 is 3.26 bits per heavy atom.